The smallest absolute Gasteiger partial charge is 0.250 e. The van der Waals surface area contributed by atoms with Crippen molar-refractivity contribution >= 4 is 29.1 Å². The Kier molecular flexibility index (Phi) is 3.27. The Morgan fingerprint density at radius 1 is 0.952 bits per heavy atom. The zero-order valence-electron chi connectivity index (χ0n) is 11.9. The van der Waals surface area contributed by atoms with E-state index in [1.165, 1.54) is 37.7 Å². The minimum Gasteiger partial charge on any atom is -0.250 e. The molecule has 0 spiro atoms. The van der Waals surface area contributed by atoms with Crippen molar-refractivity contribution in [3.8, 4) is 0 Å². The maximum atomic E-state index is 12.3. The lowest BCUT2D eigenvalue weighted by atomic mass is 9.84. The van der Waals surface area contributed by atoms with Gasteiger partial charge in [-0.1, -0.05) is 43.5 Å². The van der Waals surface area contributed by atoms with E-state index in [0.29, 0.717) is 5.92 Å². The van der Waals surface area contributed by atoms with Gasteiger partial charge < -0.3 is 0 Å². The summed E-state index contributed by atoms with van der Waals surface area (Å²) in [5.41, 5.74) is 2.14. The van der Waals surface area contributed by atoms with E-state index in [2.05, 4.69) is 18.2 Å². The molecule has 0 radical (unpaired) electrons. The average molecular weight is 297 g/mol. The number of hydrogen-bond acceptors (Lipinski definition) is 2. The van der Waals surface area contributed by atoms with Gasteiger partial charge in [0.05, 0.1) is 0 Å². The largest absolute Gasteiger partial charge is 0.597 e. The van der Waals surface area contributed by atoms with Crippen molar-refractivity contribution in [1.82, 2.24) is 0 Å². The van der Waals surface area contributed by atoms with Crippen molar-refractivity contribution in [2.24, 2.45) is 0 Å². The molecule has 1 unspecified atom stereocenters. The summed E-state index contributed by atoms with van der Waals surface area (Å²) in [5.74, 6) is 0.664. The van der Waals surface area contributed by atoms with Gasteiger partial charge in [-0.2, -0.15) is 0 Å². The molecule has 4 rings (SSSR count). The van der Waals surface area contributed by atoms with Gasteiger partial charge in [0.25, 0.3) is 0 Å². The SMILES string of the molecule is O=[p+]1oc2ccccc2c2cc(C3CCCCC3)ccc21. The Balaban J connectivity index is 1.96. The van der Waals surface area contributed by atoms with Crippen molar-refractivity contribution in [2.45, 2.75) is 38.0 Å². The average Bonchev–Trinajstić information content (AvgIpc) is 2.55. The second-order valence-corrected chi connectivity index (χ2v) is 7.13. The second kappa shape index (κ2) is 5.27. The lowest BCUT2D eigenvalue weighted by Gasteiger charge is -2.21. The molecular weight excluding hydrogens is 279 g/mol. The third kappa shape index (κ3) is 2.28. The van der Waals surface area contributed by atoms with E-state index in [9.17, 15) is 4.57 Å². The summed E-state index contributed by atoms with van der Waals surface area (Å²) in [6.45, 7) is 0. The van der Waals surface area contributed by atoms with Gasteiger partial charge in [0.2, 0.25) is 5.12 Å². The zero-order chi connectivity index (χ0) is 14.2. The summed E-state index contributed by atoms with van der Waals surface area (Å²) >= 11 is 0. The number of para-hydroxylation sites is 1. The van der Waals surface area contributed by atoms with Crippen LogP contribution in [0.4, 0.5) is 0 Å². The molecule has 1 saturated carbocycles. The van der Waals surface area contributed by atoms with Crippen LogP contribution in [0.15, 0.2) is 46.7 Å². The van der Waals surface area contributed by atoms with Gasteiger partial charge >= 0.3 is 7.65 Å². The molecule has 0 amide bonds. The van der Waals surface area contributed by atoms with Crippen LogP contribution in [0.1, 0.15) is 43.6 Å². The fourth-order valence-electron chi connectivity index (χ4n) is 3.53. The van der Waals surface area contributed by atoms with Crippen molar-refractivity contribution in [3.05, 3.63) is 48.0 Å². The number of benzene rings is 2. The molecule has 1 fully saturated rings. The van der Waals surface area contributed by atoms with E-state index in [1.54, 1.807) is 0 Å². The predicted octanol–water partition coefficient (Wildman–Crippen LogP) is 6.38. The Labute approximate surface area is 124 Å². The Morgan fingerprint density at radius 3 is 2.62 bits per heavy atom. The molecule has 1 aromatic heterocycles. The van der Waals surface area contributed by atoms with Crippen LogP contribution in [0.3, 0.4) is 0 Å². The normalized spacial score (nSPS) is 17.4. The molecule has 0 aliphatic heterocycles. The molecule has 2 aromatic carbocycles. The topological polar surface area (TPSA) is 30.2 Å². The minimum atomic E-state index is -1.77. The molecule has 2 nitrogen and oxygen atoms in total. The van der Waals surface area contributed by atoms with E-state index in [0.717, 1.165) is 21.5 Å². The maximum Gasteiger partial charge on any atom is 0.597 e. The Bertz CT molecular complexity index is 860. The molecule has 3 heteroatoms. The number of rotatable bonds is 1. The van der Waals surface area contributed by atoms with Crippen molar-refractivity contribution < 1.29 is 8.76 Å². The third-order valence-electron chi connectivity index (χ3n) is 4.65. The Morgan fingerprint density at radius 2 is 1.76 bits per heavy atom. The first-order valence-corrected chi connectivity index (χ1v) is 8.89. The third-order valence-corrected chi connectivity index (χ3v) is 5.80. The molecule has 0 N–H and O–H groups in total. The maximum absolute atomic E-state index is 12.3. The molecule has 21 heavy (non-hydrogen) atoms. The first kappa shape index (κ1) is 13.0. The first-order valence-electron chi connectivity index (χ1n) is 7.71. The van der Waals surface area contributed by atoms with E-state index < -0.39 is 7.65 Å². The van der Waals surface area contributed by atoms with Crippen molar-refractivity contribution in [2.75, 3.05) is 0 Å². The highest BCUT2D eigenvalue weighted by molar-refractivity contribution is 7.37. The van der Waals surface area contributed by atoms with Gasteiger partial charge in [0.15, 0.2) is 5.58 Å². The fraction of sp³-hybridized carbons (Fsp3) is 0.333. The van der Waals surface area contributed by atoms with Crippen LogP contribution in [-0.4, -0.2) is 0 Å². The van der Waals surface area contributed by atoms with Crippen LogP contribution >= 0.6 is 7.65 Å². The fourth-order valence-corrected chi connectivity index (χ4v) is 4.54. The number of fused-ring (bicyclic) bond motifs is 3. The molecule has 0 saturated heterocycles. The Hall–Kier alpha value is -1.66. The van der Waals surface area contributed by atoms with E-state index >= 15 is 0 Å². The summed E-state index contributed by atoms with van der Waals surface area (Å²) in [6, 6.07) is 14.3. The van der Waals surface area contributed by atoms with Gasteiger partial charge in [-0.25, -0.2) is 4.20 Å². The van der Waals surface area contributed by atoms with E-state index in [1.807, 2.05) is 24.3 Å². The van der Waals surface area contributed by atoms with Gasteiger partial charge in [-0.05, 0) is 47.1 Å². The van der Waals surface area contributed by atoms with Gasteiger partial charge in [0, 0.05) is 10.8 Å². The van der Waals surface area contributed by atoms with Crippen LogP contribution in [0.2, 0.25) is 0 Å². The van der Waals surface area contributed by atoms with Crippen LogP contribution in [0, 0.1) is 0 Å². The number of hydrogen-bond donors (Lipinski definition) is 0. The molecule has 3 aromatic rings. The van der Waals surface area contributed by atoms with Gasteiger partial charge in [-0.15, -0.1) is 0 Å². The highest BCUT2D eigenvalue weighted by Gasteiger charge is 2.20. The molecule has 1 aliphatic carbocycles. The summed E-state index contributed by atoms with van der Waals surface area (Å²) in [5, 5.41) is 3.00. The van der Waals surface area contributed by atoms with Crippen LogP contribution in [0.5, 0.6) is 0 Å². The monoisotopic (exact) mass is 297 g/mol. The zero-order valence-corrected chi connectivity index (χ0v) is 12.8. The van der Waals surface area contributed by atoms with Crippen molar-refractivity contribution in [1.29, 1.82) is 0 Å². The highest BCUT2D eigenvalue weighted by atomic mass is 31.1. The lowest BCUT2D eigenvalue weighted by molar-refractivity contribution is 0.444. The summed E-state index contributed by atoms with van der Waals surface area (Å²) in [4.78, 5) is 0. The molecule has 0 bridgehead atoms. The first-order chi connectivity index (χ1) is 10.3. The van der Waals surface area contributed by atoms with E-state index in [-0.39, 0.29) is 0 Å². The lowest BCUT2D eigenvalue weighted by Crippen LogP contribution is -2.04. The molecule has 106 valence electrons. The van der Waals surface area contributed by atoms with Crippen molar-refractivity contribution in [3.63, 3.8) is 0 Å². The second-order valence-electron chi connectivity index (χ2n) is 5.96. The molecule has 1 aliphatic rings. The molecule has 1 atom stereocenters. The highest BCUT2D eigenvalue weighted by Crippen LogP contribution is 2.39. The van der Waals surface area contributed by atoms with E-state index in [4.69, 9.17) is 4.20 Å². The van der Waals surface area contributed by atoms with Gasteiger partial charge in [0.1, 0.15) is 0 Å². The van der Waals surface area contributed by atoms with Crippen LogP contribution in [-0.2, 0) is 4.57 Å². The van der Waals surface area contributed by atoms with Crippen LogP contribution in [0.25, 0.3) is 21.5 Å². The molecular formula is C18H18O2P+. The summed E-state index contributed by atoms with van der Waals surface area (Å²) in [7, 11) is -1.77. The minimum absolute atomic E-state index is 0.664. The summed E-state index contributed by atoms with van der Waals surface area (Å²) < 4.78 is 17.8. The van der Waals surface area contributed by atoms with Gasteiger partial charge in [-0.3, -0.25) is 0 Å². The summed E-state index contributed by atoms with van der Waals surface area (Å²) in [6.07, 6.45) is 6.58. The van der Waals surface area contributed by atoms with Crippen LogP contribution < -0.4 is 0 Å². The standard InChI is InChI=1S/C18H18O2P/c19-21-18-11-10-14(13-6-2-1-3-7-13)12-16(18)15-8-4-5-9-17(15)20-21/h4-5,8-13H,1-3,6-7H2/q+1. The predicted molar refractivity (Wildman–Crippen MR) is 87.2 cm³/mol. The molecule has 1 heterocycles. The quantitative estimate of drug-likeness (QED) is 0.488.